The van der Waals surface area contributed by atoms with E-state index in [-0.39, 0.29) is 12.6 Å². The van der Waals surface area contributed by atoms with Gasteiger partial charge in [-0.15, -0.1) is 0 Å². The number of rotatable bonds is 9. The predicted molar refractivity (Wildman–Crippen MR) is 86.1 cm³/mol. The first-order valence-corrected chi connectivity index (χ1v) is 7.78. The lowest BCUT2D eigenvalue weighted by Gasteiger charge is -2.22. The van der Waals surface area contributed by atoms with E-state index in [1.807, 2.05) is 0 Å². The molecule has 1 unspecified atom stereocenters. The zero-order valence-corrected chi connectivity index (χ0v) is 13.4. The molecular weight excluding hydrogens is 248 g/mol. The summed E-state index contributed by atoms with van der Waals surface area (Å²) in [5.74, 6) is 0.548. The number of likely N-dealkylation sites (N-methyl/N-ethyl adjacent to an activating group) is 1. The van der Waals surface area contributed by atoms with Gasteiger partial charge in [0.15, 0.2) is 0 Å². The molecule has 114 valence electrons. The van der Waals surface area contributed by atoms with Crippen LogP contribution in [0.4, 0.5) is 0 Å². The highest BCUT2D eigenvalue weighted by molar-refractivity contribution is 5.26. The molecule has 0 aromatic heterocycles. The van der Waals surface area contributed by atoms with Crippen LogP contribution in [0.1, 0.15) is 50.8 Å². The Balaban J connectivity index is 2.53. The Kier molecular flexibility index (Phi) is 7.82. The predicted octanol–water partition coefficient (Wildman–Crippen LogP) is 2.77. The first-order valence-electron chi connectivity index (χ1n) is 7.78. The number of aliphatic hydroxyl groups is 1. The molecule has 0 radical (unpaired) electrons. The van der Waals surface area contributed by atoms with Crippen molar-refractivity contribution in [2.75, 3.05) is 32.8 Å². The van der Waals surface area contributed by atoms with Gasteiger partial charge in [-0.3, -0.25) is 0 Å². The van der Waals surface area contributed by atoms with E-state index in [0.29, 0.717) is 5.92 Å². The summed E-state index contributed by atoms with van der Waals surface area (Å²) in [5, 5.41) is 13.0. The Morgan fingerprint density at radius 3 is 2.05 bits per heavy atom. The van der Waals surface area contributed by atoms with Gasteiger partial charge >= 0.3 is 0 Å². The van der Waals surface area contributed by atoms with Gasteiger partial charge in [0.25, 0.3) is 0 Å². The Bertz CT molecular complexity index is 358. The summed E-state index contributed by atoms with van der Waals surface area (Å²) in [7, 11) is 0. The minimum Gasteiger partial charge on any atom is -0.394 e. The van der Waals surface area contributed by atoms with E-state index in [2.05, 4.69) is 62.2 Å². The molecule has 1 aromatic rings. The summed E-state index contributed by atoms with van der Waals surface area (Å²) < 4.78 is 0. The second-order valence-electron chi connectivity index (χ2n) is 5.54. The van der Waals surface area contributed by atoms with E-state index in [0.717, 1.165) is 31.7 Å². The molecule has 0 saturated heterocycles. The Morgan fingerprint density at radius 2 is 1.60 bits per heavy atom. The van der Waals surface area contributed by atoms with Gasteiger partial charge in [0.2, 0.25) is 0 Å². The van der Waals surface area contributed by atoms with Crippen molar-refractivity contribution in [3.63, 3.8) is 0 Å². The van der Waals surface area contributed by atoms with Crippen LogP contribution in [0.15, 0.2) is 24.3 Å². The molecule has 3 nitrogen and oxygen atoms in total. The molecular formula is C17H30N2O. The number of nitrogens with one attached hydrogen (secondary N) is 1. The molecule has 20 heavy (non-hydrogen) atoms. The maximum Gasteiger partial charge on any atom is 0.0626 e. The van der Waals surface area contributed by atoms with Gasteiger partial charge in [-0.1, -0.05) is 52.0 Å². The topological polar surface area (TPSA) is 35.5 Å². The van der Waals surface area contributed by atoms with Crippen LogP contribution in [-0.4, -0.2) is 42.8 Å². The molecule has 0 amide bonds. The summed E-state index contributed by atoms with van der Waals surface area (Å²) in [5.41, 5.74) is 2.50. The fourth-order valence-corrected chi connectivity index (χ4v) is 2.34. The maximum atomic E-state index is 9.56. The number of nitrogens with zero attached hydrogens (tertiary/aromatic N) is 1. The minimum absolute atomic E-state index is 0.0341. The molecule has 0 heterocycles. The first-order chi connectivity index (χ1) is 9.62. The van der Waals surface area contributed by atoms with E-state index >= 15 is 0 Å². The second-order valence-corrected chi connectivity index (χ2v) is 5.54. The monoisotopic (exact) mass is 278 g/mol. The Labute approximate surface area is 124 Å². The van der Waals surface area contributed by atoms with Crippen molar-refractivity contribution in [1.29, 1.82) is 0 Å². The van der Waals surface area contributed by atoms with Crippen molar-refractivity contribution in [3.05, 3.63) is 35.4 Å². The third-order valence-corrected chi connectivity index (χ3v) is 3.90. The molecule has 2 N–H and O–H groups in total. The summed E-state index contributed by atoms with van der Waals surface area (Å²) in [6, 6.07) is 8.61. The Morgan fingerprint density at radius 1 is 1.05 bits per heavy atom. The number of aliphatic hydroxyl groups excluding tert-OH is 1. The maximum absolute atomic E-state index is 9.56. The van der Waals surface area contributed by atoms with Gasteiger partial charge in [0.05, 0.1) is 12.6 Å². The molecule has 0 bridgehead atoms. The van der Waals surface area contributed by atoms with Crippen LogP contribution in [0.3, 0.4) is 0 Å². The first kappa shape index (κ1) is 17.2. The van der Waals surface area contributed by atoms with E-state index < -0.39 is 0 Å². The van der Waals surface area contributed by atoms with E-state index in [9.17, 15) is 5.11 Å². The molecule has 0 spiro atoms. The lowest BCUT2D eigenvalue weighted by Crippen LogP contribution is -2.34. The van der Waals surface area contributed by atoms with Crippen LogP contribution < -0.4 is 5.32 Å². The summed E-state index contributed by atoms with van der Waals surface area (Å²) in [4.78, 5) is 2.38. The summed E-state index contributed by atoms with van der Waals surface area (Å²) in [6.45, 7) is 13.0. The molecule has 1 atom stereocenters. The minimum atomic E-state index is 0.0341. The van der Waals surface area contributed by atoms with Gasteiger partial charge in [-0.25, -0.2) is 0 Å². The van der Waals surface area contributed by atoms with Crippen LogP contribution in [-0.2, 0) is 0 Å². The SMILES string of the molecule is CCN(CC)CCNC(CO)c1ccc(C(C)C)cc1. The van der Waals surface area contributed by atoms with Crippen LogP contribution in [0, 0.1) is 0 Å². The highest BCUT2D eigenvalue weighted by Crippen LogP contribution is 2.18. The third-order valence-electron chi connectivity index (χ3n) is 3.90. The molecule has 1 aromatic carbocycles. The summed E-state index contributed by atoms with van der Waals surface area (Å²) in [6.07, 6.45) is 0. The number of benzene rings is 1. The lowest BCUT2D eigenvalue weighted by atomic mass is 9.99. The fourth-order valence-electron chi connectivity index (χ4n) is 2.34. The van der Waals surface area contributed by atoms with Crippen molar-refractivity contribution in [3.8, 4) is 0 Å². The number of hydrogen-bond donors (Lipinski definition) is 2. The average Bonchev–Trinajstić information content (AvgIpc) is 2.48. The second kappa shape index (κ2) is 9.11. The molecule has 0 saturated carbocycles. The van der Waals surface area contributed by atoms with Crippen molar-refractivity contribution in [2.45, 2.75) is 39.7 Å². The van der Waals surface area contributed by atoms with E-state index in [4.69, 9.17) is 0 Å². The van der Waals surface area contributed by atoms with Crippen LogP contribution in [0.25, 0.3) is 0 Å². The molecule has 1 rings (SSSR count). The van der Waals surface area contributed by atoms with Gasteiger partial charge in [-0.05, 0) is 30.1 Å². The zero-order chi connectivity index (χ0) is 15.0. The largest absolute Gasteiger partial charge is 0.394 e. The van der Waals surface area contributed by atoms with Crippen LogP contribution >= 0.6 is 0 Å². The molecule has 3 heteroatoms. The molecule has 0 fully saturated rings. The van der Waals surface area contributed by atoms with E-state index in [1.165, 1.54) is 5.56 Å². The molecule has 0 aliphatic carbocycles. The van der Waals surface area contributed by atoms with Crippen molar-refractivity contribution < 1.29 is 5.11 Å². The van der Waals surface area contributed by atoms with Gasteiger partial charge < -0.3 is 15.3 Å². The molecule has 0 aliphatic heterocycles. The Hall–Kier alpha value is -0.900. The highest BCUT2D eigenvalue weighted by Gasteiger charge is 2.10. The molecule has 0 aliphatic rings. The van der Waals surface area contributed by atoms with Gasteiger partial charge in [-0.2, -0.15) is 0 Å². The summed E-state index contributed by atoms with van der Waals surface area (Å²) >= 11 is 0. The highest BCUT2D eigenvalue weighted by atomic mass is 16.3. The van der Waals surface area contributed by atoms with Gasteiger partial charge in [0.1, 0.15) is 0 Å². The smallest absolute Gasteiger partial charge is 0.0626 e. The van der Waals surface area contributed by atoms with Crippen LogP contribution in [0.2, 0.25) is 0 Å². The van der Waals surface area contributed by atoms with Crippen molar-refractivity contribution >= 4 is 0 Å². The lowest BCUT2D eigenvalue weighted by molar-refractivity contribution is 0.233. The normalized spacial score (nSPS) is 13.2. The third kappa shape index (κ3) is 5.23. The van der Waals surface area contributed by atoms with E-state index in [1.54, 1.807) is 0 Å². The van der Waals surface area contributed by atoms with Crippen molar-refractivity contribution in [1.82, 2.24) is 10.2 Å². The quantitative estimate of drug-likeness (QED) is 0.729. The standard InChI is InChI=1S/C17H30N2O/c1-5-19(6-2)12-11-18-17(13-20)16-9-7-15(8-10-16)14(3)4/h7-10,14,17-18,20H,5-6,11-13H2,1-4H3. The fraction of sp³-hybridized carbons (Fsp3) is 0.647. The number of hydrogen-bond acceptors (Lipinski definition) is 3. The zero-order valence-electron chi connectivity index (χ0n) is 13.4. The van der Waals surface area contributed by atoms with Gasteiger partial charge in [0, 0.05) is 13.1 Å². The van der Waals surface area contributed by atoms with Crippen LogP contribution in [0.5, 0.6) is 0 Å². The average molecular weight is 278 g/mol. The van der Waals surface area contributed by atoms with Crippen molar-refractivity contribution in [2.24, 2.45) is 0 Å².